The predicted molar refractivity (Wildman–Crippen MR) is 117 cm³/mol. The monoisotopic (exact) mass is 415 g/mol. The molecule has 1 amide bonds. The molecule has 1 aliphatic heterocycles. The van der Waals surface area contributed by atoms with Crippen LogP contribution >= 0.6 is 0 Å². The Bertz CT molecular complexity index is 1140. The van der Waals surface area contributed by atoms with E-state index in [0.29, 0.717) is 17.7 Å². The van der Waals surface area contributed by atoms with Crippen LogP contribution in [0.3, 0.4) is 0 Å². The van der Waals surface area contributed by atoms with Gasteiger partial charge in [-0.2, -0.15) is 0 Å². The maximum Gasteiger partial charge on any atom is 0.294 e. The third-order valence-electron chi connectivity index (χ3n) is 5.49. The summed E-state index contributed by atoms with van der Waals surface area (Å²) in [5, 5.41) is 10.7. The van der Waals surface area contributed by atoms with Gasteiger partial charge in [0.2, 0.25) is 0 Å². The van der Waals surface area contributed by atoms with E-state index in [9.17, 15) is 19.1 Å². The van der Waals surface area contributed by atoms with Gasteiger partial charge in [-0.1, -0.05) is 60.2 Å². The summed E-state index contributed by atoms with van der Waals surface area (Å²) >= 11 is 0. The van der Waals surface area contributed by atoms with E-state index in [2.05, 4.69) is 0 Å². The number of carbonyl (C=O) groups excluding carboxylic acids is 2. The average Bonchev–Trinajstić information content (AvgIpc) is 3.05. The topological polar surface area (TPSA) is 57.6 Å². The molecule has 156 valence electrons. The molecule has 0 fully saturated rings. The first-order valence-electron chi connectivity index (χ1n) is 10.1. The van der Waals surface area contributed by atoms with Gasteiger partial charge in [-0.25, -0.2) is 4.39 Å². The average molecular weight is 415 g/mol. The van der Waals surface area contributed by atoms with Crippen molar-refractivity contribution in [1.82, 2.24) is 0 Å². The van der Waals surface area contributed by atoms with Crippen molar-refractivity contribution in [3.05, 3.63) is 113 Å². The van der Waals surface area contributed by atoms with Crippen LogP contribution in [-0.4, -0.2) is 16.8 Å². The Hall–Kier alpha value is -3.73. The zero-order valence-corrected chi connectivity index (χ0v) is 17.1. The smallest absolute Gasteiger partial charge is 0.294 e. The normalized spacial score (nSPS) is 16.1. The summed E-state index contributed by atoms with van der Waals surface area (Å²) in [6.45, 7) is 1.93. The third-order valence-corrected chi connectivity index (χ3v) is 5.49. The molecule has 0 aromatic heterocycles. The maximum atomic E-state index is 13.5. The molecule has 0 bridgehead atoms. The number of hydrogen-bond donors (Lipinski definition) is 1. The molecule has 1 atom stereocenters. The highest BCUT2D eigenvalue weighted by atomic mass is 19.1. The van der Waals surface area contributed by atoms with E-state index in [-0.39, 0.29) is 17.8 Å². The summed E-state index contributed by atoms with van der Waals surface area (Å²) in [5.74, 6) is -1.91. The highest BCUT2D eigenvalue weighted by Gasteiger charge is 2.44. The van der Waals surface area contributed by atoms with Gasteiger partial charge in [0.1, 0.15) is 5.82 Å². The van der Waals surface area contributed by atoms with E-state index < -0.39 is 23.5 Å². The molecule has 0 spiro atoms. The molecule has 0 radical (unpaired) electrons. The Morgan fingerprint density at radius 3 is 2.26 bits per heavy atom. The minimum absolute atomic E-state index is 0.0492. The van der Waals surface area contributed by atoms with Crippen molar-refractivity contribution in [1.29, 1.82) is 0 Å². The van der Waals surface area contributed by atoms with Gasteiger partial charge in [-0.05, 0) is 48.7 Å². The van der Waals surface area contributed by atoms with Crippen molar-refractivity contribution in [2.75, 3.05) is 4.90 Å². The number of amides is 1. The Balaban J connectivity index is 1.72. The van der Waals surface area contributed by atoms with Crippen LogP contribution in [0.4, 0.5) is 10.1 Å². The highest BCUT2D eigenvalue weighted by Crippen LogP contribution is 2.41. The Morgan fingerprint density at radius 2 is 1.61 bits per heavy atom. The van der Waals surface area contributed by atoms with E-state index in [0.717, 1.165) is 11.1 Å². The molecule has 0 saturated heterocycles. The van der Waals surface area contributed by atoms with Gasteiger partial charge in [-0.3, -0.25) is 14.5 Å². The minimum atomic E-state index is -0.820. The van der Waals surface area contributed by atoms with Gasteiger partial charge < -0.3 is 5.11 Å². The number of aryl methyl sites for hydroxylation is 2. The van der Waals surface area contributed by atoms with E-state index >= 15 is 0 Å². The molecule has 3 aromatic carbocycles. The lowest BCUT2D eigenvalue weighted by molar-refractivity contribution is -0.118. The van der Waals surface area contributed by atoms with Gasteiger partial charge in [0, 0.05) is 12.1 Å². The van der Waals surface area contributed by atoms with Crippen LogP contribution < -0.4 is 4.90 Å². The summed E-state index contributed by atoms with van der Waals surface area (Å²) < 4.78 is 13.5. The fraction of sp³-hybridized carbons (Fsp3) is 0.154. The molecule has 31 heavy (non-hydrogen) atoms. The van der Waals surface area contributed by atoms with Crippen molar-refractivity contribution >= 4 is 17.4 Å². The lowest BCUT2D eigenvalue weighted by atomic mass is 9.93. The number of ketones is 1. The molecule has 5 heteroatoms. The molecule has 1 aliphatic rings. The predicted octanol–water partition coefficient (Wildman–Crippen LogP) is 5.24. The Labute approximate surface area is 180 Å². The molecule has 0 saturated carbocycles. The lowest BCUT2D eigenvalue weighted by Crippen LogP contribution is -2.31. The first-order chi connectivity index (χ1) is 15.0. The van der Waals surface area contributed by atoms with Gasteiger partial charge in [0.05, 0.1) is 11.6 Å². The van der Waals surface area contributed by atoms with Crippen molar-refractivity contribution in [3.8, 4) is 0 Å². The molecule has 0 aliphatic carbocycles. The summed E-state index contributed by atoms with van der Waals surface area (Å²) in [7, 11) is 0. The van der Waals surface area contributed by atoms with Gasteiger partial charge in [0.15, 0.2) is 11.5 Å². The number of Topliss-reactive ketones (excluding diaryl/α,β-unsaturated/α-hetero) is 1. The largest absolute Gasteiger partial charge is 0.503 e. The number of nitrogens with zero attached hydrogens (tertiary/aromatic N) is 1. The third kappa shape index (κ3) is 4.12. The van der Waals surface area contributed by atoms with Crippen LogP contribution in [0.1, 0.15) is 29.2 Å². The summed E-state index contributed by atoms with van der Waals surface area (Å²) in [6.07, 6.45) is 0.640. The number of aliphatic hydroxyl groups excluding tert-OH is 1. The molecule has 1 N–H and O–H groups in total. The first kappa shape index (κ1) is 20.5. The lowest BCUT2D eigenvalue weighted by Gasteiger charge is -2.27. The SMILES string of the molecule is Cc1ccc(N2C(=O)C(O)=C(C(=O)CCc3ccccc3)C2c2ccc(F)cc2)cc1. The molecule has 4 rings (SSSR count). The van der Waals surface area contributed by atoms with Crippen LogP contribution in [0.2, 0.25) is 0 Å². The van der Waals surface area contributed by atoms with Crippen molar-refractivity contribution in [2.45, 2.75) is 25.8 Å². The second kappa shape index (κ2) is 8.56. The number of halogens is 1. The van der Waals surface area contributed by atoms with Crippen molar-refractivity contribution in [2.24, 2.45) is 0 Å². The second-order valence-electron chi connectivity index (χ2n) is 7.64. The van der Waals surface area contributed by atoms with Gasteiger partial charge >= 0.3 is 0 Å². The highest BCUT2D eigenvalue weighted by molar-refractivity contribution is 6.16. The fourth-order valence-electron chi connectivity index (χ4n) is 3.86. The number of rotatable bonds is 6. The fourth-order valence-corrected chi connectivity index (χ4v) is 3.86. The number of anilines is 1. The van der Waals surface area contributed by atoms with E-state index in [1.807, 2.05) is 49.4 Å². The zero-order chi connectivity index (χ0) is 22.0. The van der Waals surface area contributed by atoms with Gasteiger partial charge in [-0.15, -0.1) is 0 Å². The van der Waals surface area contributed by atoms with Crippen LogP contribution in [0.5, 0.6) is 0 Å². The molecular weight excluding hydrogens is 393 g/mol. The van der Waals surface area contributed by atoms with Crippen molar-refractivity contribution < 1.29 is 19.1 Å². The molecule has 1 unspecified atom stereocenters. The number of benzene rings is 3. The first-order valence-corrected chi connectivity index (χ1v) is 10.1. The zero-order valence-electron chi connectivity index (χ0n) is 17.1. The van der Waals surface area contributed by atoms with Crippen LogP contribution in [0.15, 0.2) is 90.2 Å². The second-order valence-corrected chi connectivity index (χ2v) is 7.64. The number of carbonyl (C=O) groups is 2. The van der Waals surface area contributed by atoms with E-state index in [1.165, 1.54) is 29.2 Å². The van der Waals surface area contributed by atoms with Crippen LogP contribution in [0.25, 0.3) is 0 Å². The summed E-state index contributed by atoms with van der Waals surface area (Å²) in [6, 6.07) is 21.6. The summed E-state index contributed by atoms with van der Waals surface area (Å²) in [4.78, 5) is 27.6. The minimum Gasteiger partial charge on any atom is -0.503 e. The molecule has 1 heterocycles. The van der Waals surface area contributed by atoms with E-state index in [1.54, 1.807) is 12.1 Å². The van der Waals surface area contributed by atoms with Gasteiger partial charge in [0.25, 0.3) is 5.91 Å². The van der Waals surface area contributed by atoms with Crippen LogP contribution in [0, 0.1) is 12.7 Å². The standard InChI is InChI=1S/C26H22FNO3/c1-17-7-14-21(15-8-17)28-24(19-10-12-20(27)13-11-19)23(25(30)26(28)31)22(29)16-9-18-5-3-2-4-6-18/h2-8,10-15,24,30H,9,16H2,1H3. The number of aliphatic hydroxyl groups is 1. The quantitative estimate of drug-likeness (QED) is 0.599. The van der Waals surface area contributed by atoms with E-state index in [4.69, 9.17) is 0 Å². The van der Waals surface area contributed by atoms with Crippen LogP contribution in [-0.2, 0) is 16.0 Å². The Morgan fingerprint density at radius 1 is 0.968 bits per heavy atom. The number of hydrogen-bond acceptors (Lipinski definition) is 3. The Kier molecular flexibility index (Phi) is 5.67. The molecule has 4 nitrogen and oxygen atoms in total. The molecule has 3 aromatic rings. The summed E-state index contributed by atoms with van der Waals surface area (Å²) in [5.41, 5.74) is 3.18. The molecular formula is C26H22FNO3. The van der Waals surface area contributed by atoms with Crippen molar-refractivity contribution in [3.63, 3.8) is 0 Å². The maximum absolute atomic E-state index is 13.5.